The summed E-state index contributed by atoms with van der Waals surface area (Å²) in [5, 5.41) is 2.68. The van der Waals surface area contributed by atoms with Gasteiger partial charge in [-0.15, -0.1) is 0 Å². The summed E-state index contributed by atoms with van der Waals surface area (Å²) < 4.78 is 1.34. The molecule has 1 saturated heterocycles. The van der Waals surface area contributed by atoms with E-state index in [2.05, 4.69) is 12.2 Å². The Labute approximate surface area is 165 Å². The Hall–Kier alpha value is -2.89. The summed E-state index contributed by atoms with van der Waals surface area (Å²) in [7, 11) is 1.59. The van der Waals surface area contributed by atoms with Crippen LogP contribution in [0.1, 0.15) is 51.6 Å². The van der Waals surface area contributed by atoms with Gasteiger partial charge in [0.05, 0.1) is 5.56 Å². The molecule has 0 saturated carbocycles. The van der Waals surface area contributed by atoms with Crippen molar-refractivity contribution < 1.29 is 9.59 Å². The van der Waals surface area contributed by atoms with Crippen LogP contribution in [0.5, 0.6) is 0 Å². The third kappa shape index (κ3) is 4.32. The number of piperidine rings is 1. The maximum Gasteiger partial charge on any atom is 0.274 e. The van der Waals surface area contributed by atoms with Crippen molar-refractivity contribution in [2.75, 3.05) is 18.4 Å². The van der Waals surface area contributed by atoms with Gasteiger partial charge in [0.2, 0.25) is 0 Å². The number of carbonyl (C=O) groups excluding carboxylic acids is 2. The summed E-state index contributed by atoms with van der Waals surface area (Å²) in [5.74, 6) is 0.154. The van der Waals surface area contributed by atoms with Crippen LogP contribution in [0.3, 0.4) is 0 Å². The number of carbonyl (C=O) groups is 2. The minimum atomic E-state index is -0.361. The number of nitrogens with zero attached hydrogens (tertiary/aromatic N) is 2. The molecule has 0 spiro atoms. The van der Waals surface area contributed by atoms with E-state index >= 15 is 0 Å². The number of aromatic nitrogens is 1. The standard InChI is InChI=1S/C22H27N3O3/c1-14-5-7-25(8-6-14)21(27)18-12-19(22(28)24(4)13-18)23-20(26)17-10-15(2)9-16(3)11-17/h9-14H,5-8H2,1-4H3,(H,23,26). The summed E-state index contributed by atoms with van der Waals surface area (Å²) in [4.78, 5) is 39.8. The van der Waals surface area contributed by atoms with Crippen molar-refractivity contribution in [3.8, 4) is 0 Å². The zero-order chi connectivity index (χ0) is 20.4. The molecule has 2 aromatic rings. The molecule has 0 bridgehead atoms. The highest BCUT2D eigenvalue weighted by atomic mass is 16.2. The van der Waals surface area contributed by atoms with Gasteiger partial charge in [-0.3, -0.25) is 14.4 Å². The van der Waals surface area contributed by atoms with E-state index in [0.29, 0.717) is 30.1 Å². The first kappa shape index (κ1) is 19.9. The van der Waals surface area contributed by atoms with Crippen molar-refractivity contribution in [2.24, 2.45) is 13.0 Å². The summed E-state index contributed by atoms with van der Waals surface area (Å²) >= 11 is 0. The Morgan fingerprint density at radius 3 is 2.21 bits per heavy atom. The monoisotopic (exact) mass is 381 g/mol. The van der Waals surface area contributed by atoms with Crippen LogP contribution in [-0.2, 0) is 7.05 Å². The van der Waals surface area contributed by atoms with E-state index in [1.807, 2.05) is 24.8 Å². The molecule has 1 aliphatic heterocycles. The lowest BCUT2D eigenvalue weighted by Crippen LogP contribution is -2.38. The van der Waals surface area contributed by atoms with Gasteiger partial charge >= 0.3 is 0 Å². The number of rotatable bonds is 3. The molecule has 148 valence electrons. The number of benzene rings is 1. The second kappa shape index (κ2) is 8.00. The van der Waals surface area contributed by atoms with Gasteiger partial charge in [-0.25, -0.2) is 0 Å². The molecular weight excluding hydrogens is 354 g/mol. The molecule has 6 heteroatoms. The Balaban J connectivity index is 1.86. The molecule has 1 aliphatic rings. The fourth-order valence-corrected chi connectivity index (χ4v) is 3.61. The van der Waals surface area contributed by atoms with Crippen molar-refractivity contribution in [2.45, 2.75) is 33.6 Å². The molecule has 1 aromatic carbocycles. The van der Waals surface area contributed by atoms with Crippen LogP contribution in [0.4, 0.5) is 5.69 Å². The first-order chi connectivity index (χ1) is 13.2. The number of nitrogens with one attached hydrogen (secondary N) is 1. The van der Waals surface area contributed by atoms with E-state index in [4.69, 9.17) is 0 Å². The minimum absolute atomic E-state index is 0.107. The number of pyridine rings is 1. The number of likely N-dealkylation sites (tertiary alicyclic amines) is 1. The molecule has 6 nitrogen and oxygen atoms in total. The summed E-state index contributed by atoms with van der Waals surface area (Å²) in [6, 6.07) is 7.02. The lowest BCUT2D eigenvalue weighted by atomic mass is 9.99. The van der Waals surface area contributed by atoms with E-state index < -0.39 is 0 Å². The zero-order valence-electron chi connectivity index (χ0n) is 16.9. The summed E-state index contributed by atoms with van der Waals surface area (Å²) in [5.41, 5.74) is 2.61. The molecule has 2 amide bonds. The van der Waals surface area contributed by atoms with Crippen LogP contribution < -0.4 is 10.9 Å². The van der Waals surface area contributed by atoms with Gasteiger partial charge < -0.3 is 14.8 Å². The van der Waals surface area contributed by atoms with Crippen molar-refractivity contribution >= 4 is 17.5 Å². The van der Waals surface area contributed by atoms with Gasteiger partial charge in [0.15, 0.2) is 0 Å². The highest BCUT2D eigenvalue weighted by Gasteiger charge is 2.23. The van der Waals surface area contributed by atoms with Crippen molar-refractivity contribution in [3.05, 3.63) is 63.1 Å². The first-order valence-electron chi connectivity index (χ1n) is 9.64. The van der Waals surface area contributed by atoms with Gasteiger partial charge in [-0.05, 0) is 50.8 Å². The van der Waals surface area contributed by atoms with E-state index in [1.165, 1.54) is 16.8 Å². The van der Waals surface area contributed by atoms with E-state index in [1.54, 1.807) is 19.2 Å². The Morgan fingerprint density at radius 2 is 1.61 bits per heavy atom. The highest BCUT2D eigenvalue weighted by molar-refractivity contribution is 6.05. The van der Waals surface area contributed by atoms with Crippen LogP contribution in [0.15, 0.2) is 35.3 Å². The summed E-state index contributed by atoms with van der Waals surface area (Å²) in [6.45, 7) is 7.46. The number of hydrogen-bond donors (Lipinski definition) is 1. The molecule has 0 unspecified atom stereocenters. The third-order valence-corrected chi connectivity index (χ3v) is 5.23. The predicted molar refractivity (Wildman–Crippen MR) is 110 cm³/mol. The van der Waals surface area contributed by atoms with Crippen molar-refractivity contribution in [3.63, 3.8) is 0 Å². The smallest absolute Gasteiger partial charge is 0.274 e. The lowest BCUT2D eigenvalue weighted by Gasteiger charge is -2.30. The van der Waals surface area contributed by atoms with Crippen LogP contribution in [0.2, 0.25) is 0 Å². The molecule has 0 aliphatic carbocycles. The summed E-state index contributed by atoms with van der Waals surface area (Å²) in [6.07, 6.45) is 3.50. The van der Waals surface area contributed by atoms with Crippen LogP contribution in [-0.4, -0.2) is 34.4 Å². The average molecular weight is 381 g/mol. The molecule has 0 radical (unpaired) electrons. The Bertz CT molecular complexity index is 949. The largest absolute Gasteiger partial charge is 0.339 e. The van der Waals surface area contributed by atoms with Gasteiger partial charge in [-0.2, -0.15) is 0 Å². The maximum absolute atomic E-state index is 12.9. The Morgan fingerprint density at radius 1 is 1.00 bits per heavy atom. The Kier molecular flexibility index (Phi) is 5.68. The van der Waals surface area contributed by atoms with Crippen molar-refractivity contribution in [1.82, 2.24) is 9.47 Å². The van der Waals surface area contributed by atoms with E-state index in [-0.39, 0.29) is 23.1 Å². The van der Waals surface area contributed by atoms with Crippen LogP contribution in [0, 0.1) is 19.8 Å². The van der Waals surface area contributed by atoms with Crippen LogP contribution in [0.25, 0.3) is 0 Å². The molecule has 0 atom stereocenters. The third-order valence-electron chi connectivity index (χ3n) is 5.23. The second-order valence-electron chi connectivity index (χ2n) is 7.86. The average Bonchev–Trinajstić information content (AvgIpc) is 2.64. The second-order valence-corrected chi connectivity index (χ2v) is 7.86. The quantitative estimate of drug-likeness (QED) is 0.888. The fraction of sp³-hybridized carbons (Fsp3) is 0.409. The van der Waals surface area contributed by atoms with E-state index in [9.17, 15) is 14.4 Å². The van der Waals surface area contributed by atoms with Crippen molar-refractivity contribution in [1.29, 1.82) is 0 Å². The maximum atomic E-state index is 12.9. The topological polar surface area (TPSA) is 71.4 Å². The van der Waals surface area contributed by atoms with Gasteiger partial charge in [0.25, 0.3) is 17.4 Å². The fourth-order valence-electron chi connectivity index (χ4n) is 3.61. The number of aryl methyl sites for hydroxylation is 3. The molecule has 1 N–H and O–H groups in total. The molecule has 1 aromatic heterocycles. The first-order valence-corrected chi connectivity index (χ1v) is 9.64. The van der Waals surface area contributed by atoms with Gasteiger partial charge in [-0.1, -0.05) is 24.1 Å². The molecule has 28 heavy (non-hydrogen) atoms. The minimum Gasteiger partial charge on any atom is -0.339 e. The van der Waals surface area contributed by atoms with E-state index in [0.717, 1.165) is 24.0 Å². The predicted octanol–water partition coefficient (Wildman–Crippen LogP) is 3.13. The zero-order valence-corrected chi connectivity index (χ0v) is 16.9. The van der Waals surface area contributed by atoms with Crippen LogP contribution >= 0.6 is 0 Å². The van der Waals surface area contributed by atoms with Gasteiger partial charge in [0.1, 0.15) is 5.69 Å². The number of hydrogen-bond acceptors (Lipinski definition) is 3. The normalized spacial score (nSPS) is 14.8. The highest BCUT2D eigenvalue weighted by Crippen LogP contribution is 2.19. The molecule has 1 fully saturated rings. The number of amides is 2. The molecular formula is C22H27N3O3. The molecule has 3 rings (SSSR count). The molecule has 2 heterocycles. The SMILES string of the molecule is Cc1cc(C)cc(C(=O)Nc2cc(C(=O)N3CCC(C)CC3)cn(C)c2=O)c1. The van der Waals surface area contributed by atoms with Gasteiger partial charge in [0, 0.05) is 31.9 Å². The lowest BCUT2D eigenvalue weighted by molar-refractivity contribution is 0.0696. The number of anilines is 1.